The molecule has 4 aromatic rings. The zero-order valence-electron chi connectivity index (χ0n) is 18.0. The van der Waals surface area contributed by atoms with Crippen LogP contribution in [0.3, 0.4) is 0 Å². The lowest BCUT2D eigenvalue weighted by molar-refractivity contribution is 0.229. The van der Waals surface area contributed by atoms with Crippen LogP contribution in [-0.4, -0.2) is 22.9 Å². The smallest absolute Gasteiger partial charge is 0.378 e. The Balaban J connectivity index is 2.13. The van der Waals surface area contributed by atoms with Crippen LogP contribution >= 0.6 is 7.60 Å². The third kappa shape index (κ3) is 4.09. The Bertz CT molecular complexity index is 1280. The quantitative estimate of drug-likeness (QED) is 0.335. The van der Waals surface area contributed by atoms with Crippen LogP contribution in [0.1, 0.15) is 25.1 Å². The summed E-state index contributed by atoms with van der Waals surface area (Å²) in [6.45, 7) is 3.75. The molecule has 0 fully saturated rings. The molecule has 1 N–H and O–H groups in total. The minimum Gasteiger partial charge on any atom is -0.506 e. The Morgan fingerprint density at radius 3 is 2.22 bits per heavy atom. The highest BCUT2D eigenvalue weighted by Crippen LogP contribution is 2.51. The predicted octanol–water partition coefficient (Wildman–Crippen LogP) is 5.96. The molecule has 5 nitrogen and oxygen atoms in total. The number of halogens is 1. The highest BCUT2D eigenvalue weighted by atomic mass is 31.2. The van der Waals surface area contributed by atoms with E-state index < -0.39 is 13.4 Å². The molecular formula is C25H25FNO4P. The number of para-hydroxylation sites is 2. The van der Waals surface area contributed by atoms with Crippen molar-refractivity contribution >= 4 is 23.8 Å². The zero-order valence-corrected chi connectivity index (χ0v) is 18.9. The van der Waals surface area contributed by atoms with E-state index in [1.807, 2.05) is 30.3 Å². The molecule has 0 aliphatic carbocycles. The van der Waals surface area contributed by atoms with Crippen molar-refractivity contribution < 1.29 is 23.1 Å². The first-order chi connectivity index (χ1) is 15.5. The second-order valence-electron chi connectivity index (χ2n) is 7.28. The van der Waals surface area contributed by atoms with E-state index in [1.54, 1.807) is 48.7 Å². The summed E-state index contributed by atoms with van der Waals surface area (Å²) in [6, 6.07) is 21.0. The molecule has 0 saturated heterocycles. The van der Waals surface area contributed by atoms with Crippen molar-refractivity contribution in [3.63, 3.8) is 0 Å². The van der Waals surface area contributed by atoms with Crippen molar-refractivity contribution in [2.45, 2.75) is 20.3 Å². The molecule has 1 heterocycles. The molecular weight excluding hydrogens is 428 g/mol. The summed E-state index contributed by atoms with van der Waals surface area (Å²) >= 11 is 0. The summed E-state index contributed by atoms with van der Waals surface area (Å²) in [7, 11) is -3.86. The molecule has 0 bridgehead atoms. The van der Waals surface area contributed by atoms with Gasteiger partial charge in [0.05, 0.1) is 18.9 Å². The first-order valence-corrected chi connectivity index (χ1v) is 12.1. The Hall–Kier alpha value is -2.92. The lowest BCUT2D eigenvalue weighted by atomic mass is 10.1. The van der Waals surface area contributed by atoms with Crippen molar-refractivity contribution in [1.82, 2.24) is 4.57 Å². The fourth-order valence-electron chi connectivity index (χ4n) is 3.97. The molecule has 0 amide bonds. The molecule has 4 rings (SSSR count). The van der Waals surface area contributed by atoms with E-state index in [0.717, 1.165) is 11.3 Å². The van der Waals surface area contributed by atoms with Gasteiger partial charge in [-0.15, -0.1) is 0 Å². The van der Waals surface area contributed by atoms with Gasteiger partial charge in [-0.25, -0.2) is 4.39 Å². The molecule has 32 heavy (non-hydrogen) atoms. The van der Waals surface area contributed by atoms with Crippen LogP contribution in [0.15, 0.2) is 72.8 Å². The second-order valence-corrected chi connectivity index (χ2v) is 9.21. The average molecular weight is 453 g/mol. The molecule has 0 saturated carbocycles. The lowest BCUT2D eigenvalue weighted by Gasteiger charge is -2.21. The minimum absolute atomic E-state index is 0.00314. The van der Waals surface area contributed by atoms with Crippen LogP contribution in [0.25, 0.3) is 16.5 Å². The number of nitrogens with zero attached hydrogens (tertiary/aromatic N) is 1. The van der Waals surface area contributed by atoms with Crippen LogP contribution in [0, 0.1) is 5.82 Å². The number of fused-ring (bicyclic) bond motifs is 1. The SMILES string of the molecule is CCOP(=O)(OCC)c1c2cc(F)ccc2c(Cc2ccccc2)n1-c1ccccc1O. The van der Waals surface area contributed by atoms with E-state index >= 15 is 0 Å². The predicted molar refractivity (Wildman–Crippen MR) is 125 cm³/mol. The summed E-state index contributed by atoms with van der Waals surface area (Å²) in [4.78, 5) is 0. The average Bonchev–Trinajstić information content (AvgIpc) is 3.09. The van der Waals surface area contributed by atoms with E-state index in [1.165, 1.54) is 12.1 Å². The van der Waals surface area contributed by atoms with Gasteiger partial charge in [0.2, 0.25) is 0 Å². The molecule has 0 aliphatic heterocycles. The molecule has 0 unspecified atom stereocenters. The minimum atomic E-state index is -3.86. The molecule has 7 heteroatoms. The Morgan fingerprint density at radius 2 is 1.56 bits per heavy atom. The summed E-state index contributed by atoms with van der Waals surface area (Å²) in [5.41, 5.74) is 2.40. The number of benzene rings is 3. The van der Waals surface area contributed by atoms with E-state index in [9.17, 15) is 14.1 Å². The van der Waals surface area contributed by atoms with Gasteiger partial charge in [-0.1, -0.05) is 42.5 Å². The number of aromatic hydroxyl groups is 1. The number of rotatable bonds is 8. The van der Waals surface area contributed by atoms with Crippen molar-refractivity contribution in [3.8, 4) is 11.4 Å². The first-order valence-electron chi connectivity index (χ1n) is 10.5. The topological polar surface area (TPSA) is 60.7 Å². The molecule has 0 radical (unpaired) electrons. The number of hydrogen-bond donors (Lipinski definition) is 1. The van der Waals surface area contributed by atoms with E-state index in [2.05, 4.69) is 0 Å². The summed E-state index contributed by atoms with van der Waals surface area (Å²) < 4.78 is 41.5. The highest BCUT2D eigenvalue weighted by molar-refractivity contribution is 7.62. The van der Waals surface area contributed by atoms with Crippen LogP contribution in [0.2, 0.25) is 0 Å². The van der Waals surface area contributed by atoms with Gasteiger partial charge in [0, 0.05) is 22.9 Å². The Kier molecular flexibility index (Phi) is 6.47. The van der Waals surface area contributed by atoms with E-state index in [0.29, 0.717) is 22.9 Å². The van der Waals surface area contributed by atoms with Crippen molar-refractivity contribution in [1.29, 1.82) is 0 Å². The second kappa shape index (κ2) is 9.29. The number of phenolic OH excluding ortho intramolecular Hbond substituents is 1. The third-order valence-electron chi connectivity index (χ3n) is 5.21. The third-order valence-corrected chi connectivity index (χ3v) is 7.37. The molecule has 0 atom stereocenters. The van der Waals surface area contributed by atoms with Gasteiger partial charge < -0.3 is 18.7 Å². The normalized spacial score (nSPS) is 11.8. The summed E-state index contributed by atoms with van der Waals surface area (Å²) in [5.74, 6) is -0.456. The van der Waals surface area contributed by atoms with Crippen molar-refractivity contribution in [2.24, 2.45) is 0 Å². The van der Waals surface area contributed by atoms with Crippen LogP contribution in [0.5, 0.6) is 5.75 Å². The van der Waals surface area contributed by atoms with Gasteiger partial charge in [0.15, 0.2) is 0 Å². The van der Waals surface area contributed by atoms with Gasteiger partial charge in [-0.2, -0.15) is 0 Å². The molecule has 0 spiro atoms. The van der Waals surface area contributed by atoms with Crippen LogP contribution < -0.4 is 5.44 Å². The van der Waals surface area contributed by atoms with Crippen molar-refractivity contribution in [3.05, 3.63) is 89.9 Å². The van der Waals surface area contributed by atoms with Crippen molar-refractivity contribution in [2.75, 3.05) is 13.2 Å². The van der Waals surface area contributed by atoms with E-state index in [4.69, 9.17) is 9.05 Å². The maximum Gasteiger partial charge on any atom is 0.378 e. The molecule has 3 aromatic carbocycles. The Morgan fingerprint density at radius 1 is 0.906 bits per heavy atom. The summed E-state index contributed by atoms with van der Waals surface area (Å²) in [6.07, 6.45) is 0.468. The fourth-order valence-corrected chi connectivity index (χ4v) is 5.92. The number of aromatic nitrogens is 1. The maximum atomic E-state index is 14.4. The van der Waals surface area contributed by atoms with Gasteiger partial charge in [-0.3, -0.25) is 4.57 Å². The molecule has 0 aliphatic rings. The van der Waals surface area contributed by atoms with Gasteiger partial charge in [0.1, 0.15) is 17.0 Å². The monoisotopic (exact) mass is 453 g/mol. The standard InChI is InChI=1S/C25H25FNO4P/c1-3-30-32(29,31-4-2)25-21-17-19(26)14-15-20(21)23(16-18-10-6-5-7-11-18)27(25)22-12-8-9-13-24(22)28/h5-15,17,28H,3-4,16H2,1-2H3. The molecule has 1 aromatic heterocycles. The maximum absolute atomic E-state index is 14.4. The van der Waals surface area contributed by atoms with Gasteiger partial charge in [0.25, 0.3) is 0 Å². The lowest BCUT2D eigenvalue weighted by Crippen LogP contribution is -2.21. The zero-order chi connectivity index (χ0) is 22.7. The highest BCUT2D eigenvalue weighted by Gasteiger charge is 2.36. The largest absolute Gasteiger partial charge is 0.506 e. The van der Waals surface area contributed by atoms with Crippen LogP contribution in [-0.2, 0) is 20.0 Å². The van der Waals surface area contributed by atoms with Gasteiger partial charge in [-0.05, 0) is 49.7 Å². The fraction of sp³-hybridized carbons (Fsp3) is 0.200. The Labute approximate surface area is 186 Å². The van der Waals surface area contributed by atoms with Crippen LogP contribution in [0.4, 0.5) is 4.39 Å². The number of phenols is 1. The molecule has 166 valence electrons. The first kappa shape index (κ1) is 22.3. The van der Waals surface area contributed by atoms with Gasteiger partial charge >= 0.3 is 7.60 Å². The van der Waals surface area contributed by atoms with E-state index in [-0.39, 0.29) is 24.4 Å². The summed E-state index contributed by atoms with van der Waals surface area (Å²) in [5, 5.41) is 11.9. The number of hydrogen-bond acceptors (Lipinski definition) is 4.